The molecule has 0 radical (unpaired) electrons. The van der Waals surface area contributed by atoms with Crippen molar-refractivity contribution in [3.05, 3.63) is 57.8 Å². The molecule has 0 saturated carbocycles. The van der Waals surface area contributed by atoms with Gasteiger partial charge in [-0.2, -0.15) is 0 Å². The number of fused-ring (bicyclic) bond motifs is 1. The average Bonchev–Trinajstić information content (AvgIpc) is 3.12. The van der Waals surface area contributed by atoms with Crippen molar-refractivity contribution in [2.24, 2.45) is 0 Å². The van der Waals surface area contributed by atoms with Crippen LogP contribution in [0.2, 0.25) is 0 Å². The summed E-state index contributed by atoms with van der Waals surface area (Å²) in [5.74, 6) is -0.130. The zero-order chi connectivity index (χ0) is 18.1. The van der Waals surface area contributed by atoms with E-state index in [0.29, 0.717) is 19.6 Å². The van der Waals surface area contributed by atoms with Crippen LogP contribution in [-0.4, -0.2) is 44.7 Å². The number of carbonyl (C=O) groups is 1. The van der Waals surface area contributed by atoms with Crippen molar-refractivity contribution in [1.82, 2.24) is 4.90 Å². The summed E-state index contributed by atoms with van der Waals surface area (Å²) < 4.78 is 31.1. The molecule has 5 nitrogen and oxygen atoms in total. The summed E-state index contributed by atoms with van der Waals surface area (Å²) >= 11 is 1.46. The van der Waals surface area contributed by atoms with Crippen LogP contribution in [0.5, 0.6) is 0 Å². The highest BCUT2D eigenvalue weighted by molar-refractivity contribution is 7.91. The Balaban J connectivity index is 1.55. The summed E-state index contributed by atoms with van der Waals surface area (Å²) in [6.45, 7) is 1.17. The van der Waals surface area contributed by atoms with E-state index in [-0.39, 0.29) is 18.2 Å². The molecule has 2 aliphatic rings. The minimum absolute atomic E-state index is 0.00429. The van der Waals surface area contributed by atoms with Gasteiger partial charge in [0.25, 0.3) is 5.91 Å². The third-order valence-corrected chi connectivity index (χ3v) is 8.37. The van der Waals surface area contributed by atoms with E-state index in [0.717, 1.165) is 22.4 Å². The first-order valence-corrected chi connectivity index (χ1v) is 11.4. The van der Waals surface area contributed by atoms with Crippen molar-refractivity contribution in [3.8, 4) is 0 Å². The maximum absolute atomic E-state index is 13.1. The molecule has 4 rings (SSSR count). The maximum Gasteiger partial charge on any atom is 0.256 e. The Morgan fingerprint density at radius 2 is 2.00 bits per heavy atom. The van der Waals surface area contributed by atoms with Crippen molar-refractivity contribution in [3.63, 3.8) is 0 Å². The summed E-state index contributed by atoms with van der Waals surface area (Å²) in [6.07, 6.45) is 0.610. The number of hydrogen-bond donors (Lipinski definition) is 0. The second-order valence-corrected chi connectivity index (χ2v) is 9.97. The molecule has 26 heavy (non-hydrogen) atoms. The first kappa shape index (κ1) is 17.7. The Hall–Kier alpha value is -1.70. The number of carbonyl (C=O) groups excluding carboxylic acids is 1. The molecule has 0 bridgehead atoms. The highest BCUT2D eigenvalue weighted by Crippen LogP contribution is 2.34. The van der Waals surface area contributed by atoms with Gasteiger partial charge in [-0.15, -0.1) is 11.3 Å². The molecule has 0 N–H and O–H groups in total. The Bertz CT molecular complexity index is 892. The number of thiophene rings is 1. The molecule has 1 fully saturated rings. The summed E-state index contributed by atoms with van der Waals surface area (Å²) in [7, 11) is -3.26. The van der Waals surface area contributed by atoms with Gasteiger partial charge in [0.1, 0.15) is 0 Å². The van der Waals surface area contributed by atoms with E-state index in [2.05, 4.69) is 0 Å². The lowest BCUT2D eigenvalue weighted by Gasteiger charge is -2.30. The van der Waals surface area contributed by atoms with Gasteiger partial charge in [-0.3, -0.25) is 4.79 Å². The van der Waals surface area contributed by atoms with Crippen LogP contribution < -0.4 is 0 Å². The van der Waals surface area contributed by atoms with Crippen LogP contribution in [0.1, 0.15) is 33.8 Å². The Kier molecular flexibility index (Phi) is 4.86. The van der Waals surface area contributed by atoms with Gasteiger partial charge < -0.3 is 9.64 Å². The van der Waals surface area contributed by atoms with Gasteiger partial charge in [0, 0.05) is 18.0 Å². The zero-order valence-electron chi connectivity index (χ0n) is 14.3. The molecule has 2 aromatic rings. The van der Waals surface area contributed by atoms with Crippen molar-refractivity contribution in [2.75, 3.05) is 25.4 Å². The van der Waals surface area contributed by atoms with Gasteiger partial charge in [0.2, 0.25) is 0 Å². The average molecular weight is 392 g/mol. The number of ether oxygens (including phenoxy) is 1. The normalized spacial score (nSPS) is 25.3. The molecule has 2 aliphatic heterocycles. The minimum atomic E-state index is -3.26. The SMILES string of the molecule is O=C([C@H]1OCCc2ccccc21)N1CC[C@@H](c2cccs2)S(=O)(=O)CC1. The first-order valence-electron chi connectivity index (χ1n) is 8.79. The summed E-state index contributed by atoms with van der Waals surface area (Å²) in [4.78, 5) is 15.6. The fourth-order valence-corrected chi connectivity index (χ4v) is 6.73. The van der Waals surface area contributed by atoms with Gasteiger partial charge in [-0.05, 0) is 35.4 Å². The van der Waals surface area contributed by atoms with Crippen LogP contribution in [0.25, 0.3) is 0 Å². The minimum Gasteiger partial charge on any atom is -0.363 e. The molecule has 1 saturated heterocycles. The second-order valence-electron chi connectivity index (χ2n) is 6.68. The molecule has 1 amide bonds. The summed E-state index contributed by atoms with van der Waals surface area (Å²) in [5, 5.41) is 1.38. The lowest BCUT2D eigenvalue weighted by molar-refractivity contribution is -0.144. The number of sulfone groups is 1. The first-order chi connectivity index (χ1) is 12.6. The van der Waals surface area contributed by atoms with E-state index in [1.807, 2.05) is 41.8 Å². The Labute approximate surface area is 157 Å². The van der Waals surface area contributed by atoms with E-state index in [1.54, 1.807) is 4.90 Å². The fourth-order valence-electron chi connectivity index (χ4n) is 3.72. The van der Waals surface area contributed by atoms with Crippen molar-refractivity contribution < 1.29 is 17.9 Å². The lowest BCUT2D eigenvalue weighted by Crippen LogP contribution is -2.39. The molecule has 138 valence electrons. The zero-order valence-corrected chi connectivity index (χ0v) is 16.0. The topological polar surface area (TPSA) is 63.7 Å². The monoisotopic (exact) mass is 391 g/mol. The van der Waals surface area contributed by atoms with Crippen LogP contribution in [0.15, 0.2) is 41.8 Å². The van der Waals surface area contributed by atoms with Crippen LogP contribution in [0, 0.1) is 0 Å². The van der Waals surface area contributed by atoms with Gasteiger partial charge in [0.05, 0.1) is 17.6 Å². The van der Waals surface area contributed by atoms with Crippen LogP contribution in [-0.2, 0) is 25.8 Å². The number of nitrogens with zero attached hydrogens (tertiary/aromatic N) is 1. The highest BCUT2D eigenvalue weighted by atomic mass is 32.2. The van der Waals surface area contributed by atoms with E-state index in [4.69, 9.17) is 4.74 Å². The van der Waals surface area contributed by atoms with Gasteiger partial charge >= 0.3 is 0 Å². The Morgan fingerprint density at radius 1 is 1.15 bits per heavy atom. The predicted molar refractivity (Wildman–Crippen MR) is 101 cm³/mol. The fraction of sp³-hybridized carbons (Fsp3) is 0.421. The van der Waals surface area contributed by atoms with Crippen molar-refractivity contribution in [1.29, 1.82) is 0 Å². The summed E-state index contributed by atoms with van der Waals surface area (Å²) in [6, 6.07) is 11.6. The smallest absolute Gasteiger partial charge is 0.256 e. The molecular formula is C19H21NO4S2. The molecule has 0 spiro atoms. The standard InChI is InChI=1S/C19H21NO4S2/c21-19(18-15-5-2-1-4-14(15)8-11-24-18)20-9-7-17(16-6-3-12-25-16)26(22,23)13-10-20/h1-6,12,17-18H,7-11,13H2/t17-,18-/m0/s1. The molecule has 0 unspecified atom stereocenters. The molecule has 1 aromatic carbocycles. The molecule has 1 aromatic heterocycles. The van der Waals surface area contributed by atoms with Gasteiger partial charge in [-0.1, -0.05) is 30.3 Å². The molecule has 7 heteroatoms. The second kappa shape index (κ2) is 7.13. The van der Waals surface area contributed by atoms with E-state index < -0.39 is 21.2 Å². The van der Waals surface area contributed by atoms with Crippen molar-refractivity contribution >= 4 is 27.1 Å². The predicted octanol–water partition coefficient (Wildman–Crippen LogP) is 2.75. The van der Waals surface area contributed by atoms with E-state index in [9.17, 15) is 13.2 Å². The van der Waals surface area contributed by atoms with E-state index in [1.165, 1.54) is 11.3 Å². The third-order valence-electron chi connectivity index (χ3n) is 5.13. The highest BCUT2D eigenvalue weighted by Gasteiger charge is 2.36. The lowest BCUT2D eigenvalue weighted by atomic mass is 9.97. The van der Waals surface area contributed by atoms with Crippen LogP contribution >= 0.6 is 11.3 Å². The van der Waals surface area contributed by atoms with Gasteiger partial charge in [0.15, 0.2) is 15.9 Å². The molecule has 2 atom stereocenters. The number of amides is 1. The van der Waals surface area contributed by atoms with Crippen molar-refractivity contribution in [2.45, 2.75) is 24.2 Å². The van der Waals surface area contributed by atoms with Gasteiger partial charge in [-0.25, -0.2) is 8.42 Å². The maximum atomic E-state index is 13.1. The number of benzene rings is 1. The summed E-state index contributed by atoms with van der Waals surface area (Å²) in [5.41, 5.74) is 2.04. The largest absolute Gasteiger partial charge is 0.363 e. The molecular weight excluding hydrogens is 370 g/mol. The quantitative estimate of drug-likeness (QED) is 0.790. The number of rotatable bonds is 2. The van der Waals surface area contributed by atoms with Crippen LogP contribution in [0.4, 0.5) is 0 Å². The Morgan fingerprint density at radius 3 is 2.81 bits per heavy atom. The molecule has 3 heterocycles. The molecule has 0 aliphatic carbocycles. The number of hydrogen-bond acceptors (Lipinski definition) is 5. The van der Waals surface area contributed by atoms with E-state index >= 15 is 0 Å². The van der Waals surface area contributed by atoms with Crippen LogP contribution in [0.3, 0.4) is 0 Å². The third kappa shape index (κ3) is 3.31.